The molecule has 0 atom stereocenters. The molecule has 1 heterocycles. The van der Waals surface area contributed by atoms with Gasteiger partial charge in [0.2, 0.25) is 5.95 Å². The monoisotopic (exact) mass is 251 g/mol. The highest BCUT2D eigenvalue weighted by molar-refractivity contribution is 5.69. The van der Waals surface area contributed by atoms with Crippen LogP contribution in [0.2, 0.25) is 0 Å². The molecule has 1 aromatic heterocycles. The van der Waals surface area contributed by atoms with E-state index in [0.717, 1.165) is 5.56 Å². The summed E-state index contributed by atoms with van der Waals surface area (Å²) < 4.78 is 0. The predicted octanol–water partition coefficient (Wildman–Crippen LogP) is 2.44. The number of carbonyl (C=O) groups is 1. The molecular formula is C13H21N3O2. The molecule has 0 spiro atoms. The summed E-state index contributed by atoms with van der Waals surface area (Å²) in [7, 11) is 0. The van der Waals surface area contributed by atoms with Crippen LogP contribution in [0.25, 0.3) is 0 Å². The van der Waals surface area contributed by atoms with Gasteiger partial charge in [0.25, 0.3) is 0 Å². The van der Waals surface area contributed by atoms with E-state index < -0.39 is 11.5 Å². The molecule has 18 heavy (non-hydrogen) atoms. The third-order valence-corrected chi connectivity index (χ3v) is 2.56. The summed E-state index contributed by atoms with van der Waals surface area (Å²) in [5.74, 6) is -0.395. The molecule has 0 saturated carbocycles. The molecule has 5 nitrogen and oxygen atoms in total. The number of carboxylic acid groups (broad SMARTS) is 1. The number of nitrogens with zero attached hydrogens (tertiary/aromatic N) is 2. The highest BCUT2D eigenvalue weighted by Crippen LogP contribution is 2.21. The Morgan fingerprint density at radius 3 is 2.11 bits per heavy atom. The van der Waals surface area contributed by atoms with Crippen molar-refractivity contribution in [1.82, 2.24) is 9.97 Å². The highest BCUT2D eigenvalue weighted by atomic mass is 16.4. The fourth-order valence-corrected chi connectivity index (χ4v) is 1.50. The van der Waals surface area contributed by atoms with Crippen molar-refractivity contribution in [3.05, 3.63) is 18.0 Å². The fourth-order valence-electron chi connectivity index (χ4n) is 1.50. The molecule has 0 aromatic carbocycles. The molecule has 2 N–H and O–H groups in total. The fraction of sp³-hybridized carbons (Fsp3) is 0.615. The topological polar surface area (TPSA) is 75.1 Å². The van der Waals surface area contributed by atoms with E-state index in [1.54, 1.807) is 12.4 Å². The standard InChI is InChI=1S/C13H21N3O2/c1-12(2,3)9-7-14-11(15-8-9)16-13(4,5)6-10(17)18/h7-8H,6H2,1-5H3,(H,17,18)(H,14,15,16). The first-order valence-corrected chi connectivity index (χ1v) is 5.93. The molecule has 1 aromatic rings. The summed E-state index contributed by atoms with van der Waals surface area (Å²) in [6, 6.07) is 0. The van der Waals surface area contributed by atoms with Gasteiger partial charge in [0, 0.05) is 17.9 Å². The number of aliphatic carboxylic acids is 1. The number of anilines is 1. The van der Waals surface area contributed by atoms with Gasteiger partial charge >= 0.3 is 5.97 Å². The van der Waals surface area contributed by atoms with Crippen LogP contribution in [0.4, 0.5) is 5.95 Å². The Balaban J connectivity index is 2.78. The first-order valence-electron chi connectivity index (χ1n) is 5.93. The molecule has 0 radical (unpaired) electrons. The van der Waals surface area contributed by atoms with Crippen LogP contribution in [0.5, 0.6) is 0 Å². The zero-order valence-electron chi connectivity index (χ0n) is 11.6. The van der Waals surface area contributed by atoms with Gasteiger partial charge in [0.1, 0.15) is 0 Å². The van der Waals surface area contributed by atoms with Gasteiger partial charge in [0.15, 0.2) is 0 Å². The molecule has 0 aliphatic rings. The lowest BCUT2D eigenvalue weighted by atomic mass is 9.89. The minimum absolute atomic E-state index is 0.00904. The zero-order valence-corrected chi connectivity index (χ0v) is 11.6. The van der Waals surface area contributed by atoms with E-state index in [1.165, 1.54) is 0 Å². The van der Waals surface area contributed by atoms with Crippen molar-refractivity contribution in [3.8, 4) is 0 Å². The Morgan fingerprint density at radius 2 is 1.72 bits per heavy atom. The Hall–Kier alpha value is -1.65. The van der Waals surface area contributed by atoms with Gasteiger partial charge in [-0.15, -0.1) is 0 Å². The molecule has 0 amide bonds. The average Bonchev–Trinajstić information content (AvgIpc) is 2.13. The normalized spacial score (nSPS) is 12.3. The van der Waals surface area contributed by atoms with Crippen molar-refractivity contribution in [3.63, 3.8) is 0 Å². The van der Waals surface area contributed by atoms with Crippen LogP contribution < -0.4 is 5.32 Å². The SMILES string of the molecule is CC(C)(CC(=O)O)Nc1ncc(C(C)(C)C)cn1. The summed E-state index contributed by atoms with van der Waals surface area (Å²) >= 11 is 0. The minimum atomic E-state index is -0.848. The van der Waals surface area contributed by atoms with Crippen LogP contribution in [-0.2, 0) is 10.2 Å². The van der Waals surface area contributed by atoms with Gasteiger partial charge < -0.3 is 10.4 Å². The van der Waals surface area contributed by atoms with E-state index in [2.05, 4.69) is 36.1 Å². The maximum atomic E-state index is 10.7. The van der Waals surface area contributed by atoms with Crippen LogP contribution in [0.3, 0.4) is 0 Å². The predicted molar refractivity (Wildman–Crippen MR) is 70.7 cm³/mol. The Bertz CT molecular complexity index is 419. The maximum absolute atomic E-state index is 10.7. The average molecular weight is 251 g/mol. The van der Waals surface area contributed by atoms with Crippen molar-refractivity contribution in [1.29, 1.82) is 0 Å². The number of hydrogen-bond donors (Lipinski definition) is 2. The van der Waals surface area contributed by atoms with Gasteiger partial charge in [-0.3, -0.25) is 4.79 Å². The molecule has 0 aliphatic carbocycles. The lowest BCUT2D eigenvalue weighted by molar-refractivity contribution is -0.137. The van der Waals surface area contributed by atoms with Crippen LogP contribution in [0, 0.1) is 0 Å². The molecule has 5 heteroatoms. The van der Waals surface area contributed by atoms with Crippen LogP contribution in [-0.4, -0.2) is 26.6 Å². The Labute approximate surface area is 108 Å². The number of carboxylic acids is 1. The number of nitrogens with one attached hydrogen (secondary N) is 1. The van der Waals surface area contributed by atoms with Crippen LogP contribution >= 0.6 is 0 Å². The molecule has 0 aliphatic heterocycles. The lowest BCUT2D eigenvalue weighted by Crippen LogP contribution is -2.34. The van der Waals surface area contributed by atoms with E-state index in [9.17, 15) is 4.79 Å². The summed E-state index contributed by atoms with van der Waals surface area (Å²) in [5.41, 5.74) is 0.480. The third kappa shape index (κ3) is 4.31. The van der Waals surface area contributed by atoms with Crippen molar-refractivity contribution in [2.75, 3.05) is 5.32 Å². The van der Waals surface area contributed by atoms with Gasteiger partial charge in [-0.1, -0.05) is 20.8 Å². The third-order valence-electron chi connectivity index (χ3n) is 2.56. The Kier molecular flexibility index (Phi) is 3.94. The van der Waals surface area contributed by atoms with Crippen molar-refractivity contribution < 1.29 is 9.90 Å². The second-order valence-electron chi connectivity index (χ2n) is 6.12. The molecule has 100 valence electrons. The maximum Gasteiger partial charge on any atom is 0.305 e. The van der Waals surface area contributed by atoms with E-state index in [-0.39, 0.29) is 11.8 Å². The quantitative estimate of drug-likeness (QED) is 0.859. The first-order chi connectivity index (χ1) is 8.10. The van der Waals surface area contributed by atoms with Gasteiger partial charge in [-0.25, -0.2) is 9.97 Å². The summed E-state index contributed by atoms with van der Waals surface area (Å²) in [6.45, 7) is 9.89. The second-order valence-corrected chi connectivity index (χ2v) is 6.12. The summed E-state index contributed by atoms with van der Waals surface area (Å²) in [5, 5.41) is 11.8. The molecule has 0 saturated heterocycles. The summed E-state index contributed by atoms with van der Waals surface area (Å²) in [4.78, 5) is 19.2. The molecule has 0 unspecified atom stereocenters. The van der Waals surface area contributed by atoms with Gasteiger partial charge in [0.05, 0.1) is 6.42 Å². The smallest absolute Gasteiger partial charge is 0.305 e. The van der Waals surface area contributed by atoms with E-state index >= 15 is 0 Å². The largest absolute Gasteiger partial charge is 0.481 e. The lowest BCUT2D eigenvalue weighted by Gasteiger charge is -2.24. The molecular weight excluding hydrogens is 230 g/mol. The van der Waals surface area contributed by atoms with E-state index in [4.69, 9.17) is 5.11 Å². The highest BCUT2D eigenvalue weighted by Gasteiger charge is 2.22. The summed E-state index contributed by atoms with van der Waals surface area (Å²) in [6.07, 6.45) is 3.55. The van der Waals surface area contributed by atoms with E-state index in [1.807, 2.05) is 13.8 Å². The molecule has 0 bridgehead atoms. The minimum Gasteiger partial charge on any atom is -0.481 e. The first kappa shape index (κ1) is 14.4. The second kappa shape index (κ2) is 4.92. The molecule has 1 rings (SSSR count). The zero-order chi connectivity index (χ0) is 14.0. The number of hydrogen-bond acceptors (Lipinski definition) is 4. The van der Waals surface area contributed by atoms with Gasteiger partial charge in [-0.05, 0) is 24.8 Å². The van der Waals surface area contributed by atoms with E-state index in [0.29, 0.717) is 5.95 Å². The number of aromatic nitrogens is 2. The Morgan fingerprint density at radius 1 is 1.22 bits per heavy atom. The van der Waals surface area contributed by atoms with Crippen molar-refractivity contribution in [2.45, 2.75) is 52.0 Å². The van der Waals surface area contributed by atoms with Crippen LogP contribution in [0.15, 0.2) is 12.4 Å². The van der Waals surface area contributed by atoms with Crippen molar-refractivity contribution in [2.24, 2.45) is 0 Å². The number of rotatable bonds is 4. The molecule has 0 fully saturated rings. The van der Waals surface area contributed by atoms with Crippen LogP contribution in [0.1, 0.15) is 46.6 Å². The van der Waals surface area contributed by atoms with Gasteiger partial charge in [-0.2, -0.15) is 0 Å². The van der Waals surface area contributed by atoms with Crippen molar-refractivity contribution >= 4 is 11.9 Å².